The third kappa shape index (κ3) is 5.72. The lowest BCUT2D eigenvalue weighted by Crippen LogP contribution is -2.67. The highest BCUT2D eigenvalue weighted by atomic mass is 16.5. The number of aromatic nitrogens is 2. The second-order valence-electron chi connectivity index (χ2n) is 23.2. The fourth-order valence-electron chi connectivity index (χ4n) is 16.8. The first-order valence-corrected chi connectivity index (χ1v) is 23.7. The zero-order chi connectivity index (χ0) is 42.9. The standard InChI is InChI=1S/C52H73N3O5/c1-30(2)33-20-25-52(46(59)55-28-14-17-37(55)43-53-31(3)42(54-43)32-15-12-11-13-16-32)27-26-50(9)34(41(33)52)18-19-39-49(8)23-22-40(48(6,7)38(49)21-24-51(39,50)10)60-45(58)36-29-35(44(56)57)47(36,4)5/h11-13,15-16,33-41H,1,14,17-29H2,2-10H3,(H,53,54)(H,56,57)/t33-,34?,35?,36?,37-,38-,39+,40?,41+,49?,50+,51?,52-/m0/s1. The van der Waals surface area contributed by atoms with Crippen molar-refractivity contribution in [2.24, 2.45) is 73.9 Å². The van der Waals surface area contributed by atoms with E-state index in [0.29, 0.717) is 41.9 Å². The van der Waals surface area contributed by atoms with Gasteiger partial charge in [-0.15, -0.1) is 0 Å². The van der Waals surface area contributed by atoms with Crippen molar-refractivity contribution in [2.75, 3.05) is 6.54 Å². The zero-order valence-corrected chi connectivity index (χ0v) is 38.2. The molecule has 0 radical (unpaired) electrons. The number of nitrogens with zero attached hydrogens (tertiary/aromatic N) is 2. The van der Waals surface area contributed by atoms with Crippen molar-refractivity contribution in [3.05, 3.63) is 54.0 Å². The smallest absolute Gasteiger partial charge is 0.309 e. The molecule has 6 unspecified atom stereocenters. The second-order valence-corrected chi connectivity index (χ2v) is 23.2. The highest BCUT2D eigenvalue weighted by molar-refractivity contribution is 5.85. The van der Waals surface area contributed by atoms with Crippen molar-refractivity contribution >= 4 is 17.8 Å². The summed E-state index contributed by atoms with van der Waals surface area (Å²) in [7, 11) is 0. The average molecular weight is 820 g/mol. The first-order valence-electron chi connectivity index (χ1n) is 23.7. The number of rotatable bonds is 7. The molecular formula is C52H73N3O5. The number of carbonyl (C=O) groups is 3. The number of aliphatic carboxylic acids is 1. The lowest BCUT2D eigenvalue weighted by Gasteiger charge is -2.73. The fraction of sp³-hybridized carbons (Fsp3) is 0.731. The Bertz CT molecular complexity index is 2070. The van der Waals surface area contributed by atoms with Gasteiger partial charge in [-0.05, 0) is 149 Å². The number of ether oxygens (including phenoxy) is 1. The van der Waals surface area contributed by atoms with E-state index in [-0.39, 0.29) is 51.1 Å². The summed E-state index contributed by atoms with van der Waals surface area (Å²) in [5.74, 6) is 1.54. The highest BCUT2D eigenvalue weighted by Gasteiger charge is 2.72. The molecule has 2 N–H and O–H groups in total. The molecule has 1 aromatic carbocycles. The van der Waals surface area contributed by atoms with Crippen LogP contribution in [0.4, 0.5) is 0 Å². The van der Waals surface area contributed by atoms with E-state index in [4.69, 9.17) is 9.72 Å². The van der Waals surface area contributed by atoms with Gasteiger partial charge in [0.15, 0.2) is 0 Å². The maximum Gasteiger partial charge on any atom is 0.309 e. The van der Waals surface area contributed by atoms with E-state index in [1.165, 1.54) is 12.0 Å². The molecule has 1 aliphatic heterocycles. The number of carboxylic acids is 1. The van der Waals surface area contributed by atoms with Gasteiger partial charge in [0.05, 0.1) is 29.0 Å². The molecule has 0 bridgehead atoms. The Balaban J connectivity index is 0.973. The molecule has 1 aromatic heterocycles. The lowest BCUT2D eigenvalue weighted by molar-refractivity contribution is -0.251. The molecule has 13 atom stereocenters. The van der Waals surface area contributed by atoms with Crippen molar-refractivity contribution in [3.8, 4) is 11.3 Å². The third-order valence-electron chi connectivity index (χ3n) is 20.3. The molecule has 6 saturated carbocycles. The molecule has 7 aliphatic rings. The predicted octanol–water partition coefficient (Wildman–Crippen LogP) is 11.4. The summed E-state index contributed by atoms with van der Waals surface area (Å²) in [5.41, 5.74) is 3.62. The summed E-state index contributed by atoms with van der Waals surface area (Å²) in [4.78, 5) is 52.3. The van der Waals surface area contributed by atoms with Gasteiger partial charge >= 0.3 is 11.9 Å². The molecule has 6 aliphatic carbocycles. The Morgan fingerprint density at radius 1 is 0.833 bits per heavy atom. The molecule has 2 aromatic rings. The number of carboxylic acid groups (broad SMARTS) is 1. The number of carbonyl (C=O) groups excluding carboxylic acids is 2. The molecule has 9 rings (SSSR count). The molecule has 0 spiro atoms. The van der Waals surface area contributed by atoms with Gasteiger partial charge in [-0.1, -0.05) is 91.0 Å². The van der Waals surface area contributed by atoms with Gasteiger partial charge in [0, 0.05) is 23.2 Å². The molecule has 326 valence electrons. The van der Waals surface area contributed by atoms with Crippen LogP contribution in [0.1, 0.15) is 156 Å². The third-order valence-corrected chi connectivity index (χ3v) is 20.3. The average Bonchev–Trinajstić information content (AvgIpc) is 3.93. The number of benzene rings is 1. The van der Waals surface area contributed by atoms with Crippen LogP contribution in [0.5, 0.6) is 0 Å². The molecule has 1 amide bonds. The molecule has 8 heteroatoms. The fourth-order valence-corrected chi connectivity index (χ4v) is 16.8. The molecule has 60 heavy (non-hydrogen) atoms. The van der Waals surface area contributed by atoms with E-state index in [9.17, 15) is 14.7 Å². The lowest BCUT2D eigenvalue weighted by atomic mass is 9.32. The maximum absolute atomic E-state index is 15.6. The van der Waals surface area contributed by atoms with E-state index in [0.717, 1.165) is 99.9 Å². The van der Waals surface area contributed by atoms with E-state index in [2.05, 4.69) is 89.2 Å². The number of aryl methyl sites for hydroxylation is 1. The number of imidazole rings is 1. The topological polar surface area (TPSA) is 113 Å². The Labute approximate surface area is 359 Å². The van der Waals surface area contributed by atoms with Crippen LogP contribution in [0.3, 0.4) is 0 Å². The number of esters is 1. The number of hydrogen-bond acceptors (Lipinski definition) is 5. The van der Waals surface area contributed by atoms with Crippen LogP contribution in [0.15, 0.2) is 42.5 Å². The van der Waals surface area contributed by atoms with Gasteiger partial charge in [-0.3, -0.25) is 14.4 Å². The number of nitrogens with one attached hydrogen (secondary N) is 1. The van der Waals surface area contributed by atoms with Crippen molar-refractivity contribution in [2.45, 2.75) is 158 Å². The minimum absolute atomic E-state index is 0.0241. The number of amides is 1. The van der Waals surface area contributed by atoms with Gasteiger partial charge in [-0.25, -0.2) is 4.98 Å². The minimum Gasteiger partial charge on any atom is -0.481 e. The summed E-state index contributed by atoms with van der Waals surface area (Å²) in [6, 6.07) is 10.4. The summed E-state index contributed by atoms with van der Waals surface area (Å²) >= 11 is 0. The Hall–Kier alpha value is -3.42. The molecular weight excluding hydrogens is 747 g/mol. The normalized spacial score (nSPS) is 42.5. The number of allylic oxidation sites excluding steroid dienone is 1. The predicted molar refractivity (Wildman–Crippen MR) is 234 cm³/mol. The van der Waals surface area contributed by atoms with Crippen LogP contribution in [-0.4, -0.2) is 50.5 Å². The quantitative estimate of drug-likeness (QED) is 0.212. The van der Waals surface area contributed by atoms with E-state index in [1.54, 1.807) is 0 Å². The van der Waals surface area contributed by atoms with Crippen LogP contribution in [0, 0.1) is 80.8 Å². The summed E-state index contributed by atoms with van der Waals surface area (Å²) in [6.45, 7) is 26.2. The number of fused-ring (bicyclic) bond motifs is 7. The van der Waals surface area contributed by atoms with Gasteiger partial charge in [0.25, 0.3) is 0 Å². The van der Waals surface area contributed by atoms with Gasteiger partial charge in [0.2, 0.25) is 5.91 Å². The van der Waals surface area contributed by atoms with E-state index < -0.39 is 17.3 Å². The minimum atomic E-state index is -0.817. The Kier molecular flexibility index (Phi) is 9.81. The van der Waals surface area contributed by atoms with Crippen molar-refractivity contribution < 1.29 is 24.2 Å². The van der Waals surface area contributed by atoms with Crippen LogP contribution >= 0.6 is 0 Å². The first kappa shape index (κ1) is 41.9. The number of aromatic amines is 1. The van der Waals surface area contributed by atoms with Gasteiger partial charge < -0.3 is 19.7 Å². The second kappa shape index (κ2) is 14.0. The van der Waals surface area contributed by atoms with Crippen molar-refractivity contribution in [1.29, 1.82) is 0 Å². The Morgan fingerprint density at radius 2 is 1.57 bits per heavy atom. The summed E-state index contributed by atoms with van der Waals surface area (Å²) in [6.07, 6.45) is 12.7. The monoisotopic (exact) mass is 820 g/mol. The van der Waals surface area contributed by atoms with Gasteiger partial charge in [0.1, 0.15) is 11.9 Å². The first-order chi connectivity index (χ1) is 28.2. The molecule has 7 fully saturated rings. The number of hydrogen-bond donors (Lipinski definition) is 2. The maximum atomic E-state index is 15.6. The number of likely N-dealkylation sites (tertiary alicyclic amines) is 1. The highest BCUT2D eigenvalue weighted by Crippen LogP contribution is 2.78. The van der Waals surface area contributed by atoms with Crippen LogP contribution in [0.2, 0.25) is 0 Å². The zero-order valence-electron chi connectivity index (χ0n) is 38.2. The summed E-state index contributed by atoms with van der Waals surface area (Å²) in [5, 5.41) is 9.71. The van der Waals surface area contributed by atoms with E-state index in [1.807, 2.05) is 19.9 Å². The SMILES string of the molecule is C=C(C)[C@@H]1CC[C@]2(C(=O)N3CCC[C@H]3c3nc(-c4ccccc4)c(C)[nH]3)CC[C@]3(C)C(CC[C@@H]4C5(C)CCC(OC(=O)C6CC(C(=O)O)C6(C)C)C(C)(C)[C@@H]5CCC43C)[C@@H]12. The summed E-state index contributed by atoms with van der Waals surface area (Å²) < 4.78 is 6.47. The van der Waals surface area contributed by atoms with E-state index >= 15 is 4.79 Å². The molecule has 8 nitrogen and oxygen atoms in total. The largest absolute Gasteiger partial charge is 0.481 e. The van der Waals surface area contributed by atoms with Crippen LogP contribution < -0.4 is 0 Å². The van der Waals surface area contributed by atoms with Crippen LogP contribution in [-0.2, 0) is 19.1 Å². The molecule has 1 saturated heterocycles. The van der Waals surface area contributed by atoms with Gasteiger partial charge in [-0.2, -0.15) is 0 Å². The Morgan fingerprint density at radius 3 is 2.25 bits per heavy atom. The van der Waals surface area contributed by atoms with Crippen LogP contribution in [0.25, 0.3) is 11.3 Å². The van der Waals surface area contributed by atoms with Crippen molar-refractivity contribution in [3.63, 3.8) is 0 Å². The van der Waals surface area contributed by atoms with Crippen molar-refractivity contribution in [1.82, 2.24) is 14.9 Å². The molecule has 2 heterocycles. The number of H-pyrrole nitrogens is 1.